The predicted octanol–water partition coefficient (Wildman–Crippen LogP) is 2.45. The van der Waals surface area contributed by atoms with Crippen molar-refractivity contribution < 1.29 is 14.3 Å². The summed E-state index contributed by atoms with van der Waals surface area (Å²) in [5, 5.41) is 2.63. The lowest BCUT2D eigenvalue weighted by Gasteiger charge is -2.21. The Morgan fingerprint density at radius 2 is 1.88 bits per heavy atom. The van der Waals surface area contributed by atoms with E-state index in [2.05, 4.69) is 5.32 Å². The van der Waals surface area contributed by atoms with Crippen molar-refractivity contribution in [1.29, 1.82) is 0 Å². The summed E-state index contributed by atoms with van der Waals surface area (Å²) >= 11 is 0. The Kier molecular flexibility index (Phi) is 4.26. The zero-order chi connectivity index (χ0) is 12.9. The fraction of sp³-hybridized carbons (Fsp3) is 0.385. The van der Waals surface area contributed by atoms with Crippen molar-refractivity contribution in [3.63, 3.8) is 0 Å². The molecule has 0 aliphatic heterocycles. The molecule has 1 atom stereocenters. The molecule has 4 nitrogen and oxygen atoms in total. The van der Waals surface area contributed by atoms with Crippen LogP contribution in [0.5, 0.6) is 0 Å². The molecular formula is C13H17NO3. The number of alkyl carbamates (subject to hydrolysis) is 1. The number of carbonyl (C=O) groups is 2. The van der Waals surface area contributed by atoms with Gasteiger partial charge in [-0.05, 0) is 26.3 Å². The van der Waals surface area contributed by atoms with Crippen LogP contribution in [0, 0.1) is 0 Å². The first kappa shape index (κ1) is 13.2. The molecule has 1 aromatic carbocycles. The minimum Gasteiger partial charge on any atom is -0.434 e. The van der Waals surface area contributed by atoms with Gasteiger partial charge in [-0.3, -0.25) is 4.79 Å². The maximum atomic E-state index is 11.5. The molecule has 0 radical (unpaired) electrons. The number of aldehydes is 1. The molecule has 1 rings (SSSR count). The lowest BCUT2D eigenvalue weighted by molar-refractivity contribution is -0.115. The van der Waals surface area contributed by atoms with Crippen LogP contribution in [-0.4, -0.2) is 17.9 Å². The van der Waals surface area contributed by atoms with Gasteiger partial charge in [-0.15, -0.1) is 0 Å². The molecule has 0 aliphatic carbocycles. The third kappa shape index (κ3) is 4.68. The van der Waals surface area contributed by atoms with E-state index in [1.807, 2.05) is 26.8 Å². The van der Waals surface area contributed by atoms with E-state index in [0.29, 0.717) is 11.8 Å². The van der Waals surface area contributed by atoms with Crippen LogP contribution in [0.3, 0.4) is 0 Å². The average Bonchev–Trinajstić information content (AvgIpc) is 2.24. The van der Waals surface area contributed by atoms with Crippen molar-refractivity contribution in [3.05, 3.63) is 35.9 Å². The Labute approximate surface area is 101 Å². The second-order valence-corrected chi connectivity index (χ2v) is 4.75. The number of rotatable bonds is 3. The Morgan fingerprint density at radius 3 is 2.35 bits per heavy atom. The van der Waals surface area contributed by atoms with Gasteiger partial charge in [-0.25, -0.2) is 4.79 Å². The number of hydrogen-bond donors (Lipinski definition) is 1. The lowest BCUT2D eigenvalue weighted by atomic mass is 10.1. The topological polar surface area (TPSA) is 55.4 Å². The van der Waals surface area contributed by atoms with Crippen LogP contribution in [0.4, 0.5) is 4.79 Å². The molecule has 1 aromatic rings. The Morgan fingerprint density at radius 1 is 1.29 bits per heavy atom. The molecule has 0 spiro atoms. The van der Waals surface area contributed by atoms with Crippen LogP contribution in [0.2, 0.25) is 0 Å². The van der Waals surface area contributed by atoms with Gasteiger partial charge in [0.05, 0.1) is 0 Å². The van der Waals surface area contributed by atoms with E-state index < -0.39 is 12.2 Å². The number of ether oxygens (including phenoxy) is 1. The van der Waals surface area contributed by atoms with Gasteiger partial charge in [0.25, 0.3) is 0 Å². The van der Waals surface area contributed by atoms with Crippen molar-refractivity contribution in [2.75, 3.05) is 0 Å². The molecule has 1 amide bonds. The van der Waals surface area contributed by atoms with Gasteiger partial charge in [0, 0.05) is 5.54 Å². The third-order valence-corrected chi connectivity index (χ3v) is 1.96. The van der Waals surface area contributed by atoms with E-state index in [-0.39, 0.29) is 5.54 Å². The van der Waals surface area contributed by atoms with Crippen molar-refractivity contribution in [2.24, 2.45) is 0 Å². The highest BCUT2D eigenvalue weighted by Crippen LogP contribution is 2.15. The first-order valence-electron chi connectivity index (χ1n) is 5.41. The number of amides is 1. The van der Waals surface area contributed by atoms with Crippen LogP contribution in [0.15, 0.2) is 30.3 Å². The third-order valence-electron chi connectivity index (χ3n) is 1.96. The zero-order valence-electron chi connectivity index (χ0n) is 10.3. The van der Waals surface area contributed by atoms with E-state index in [4.69, 9.17) is 4.74 Å². The normalized spacial score (nSPS) is 12.6. The highest BCUT2D eigenvalue weighted by Gasteiger charge is 2.19. The fourth-order valence-electron chi connectivity index (χ4n) is 1.27. The van der Waals surface area contributed by atoms with E-state index in [1.165, 1.54) is 0 Å². The van der Waals surface area contributed by atoms with Gasteiger partial charge >= 0.3 is 6.09 Å². The molecule has 0 bridgehead atoms. The molecule has 17 heavy (non-hydrogen) atoms. The molecule has 0 aromatic heterocycles. The largest absolute Gasteiger partial charge is 0.434 e. The summed E-state index contributed by atoms with van der Waals surface area (Å²) in [6.45, 7) is 5.52. The van der Waals surface area contributed by atoms with Crippen molar-refractivity contribution in [2.45, 2.75) is 32.4 Å². The van der Waals surface area contributed by atoms with Crippen LogP contribution in [-0.2, 0) is 9.53 Å². The second kappa shape index (κ2) is 5.48. The summed E-state index contributed by atoms with van der Waals surface area (Å²) in [6.07, 6.45) is -0.852. The average molecular weight is 235 g/mol. The molecular weight excluding hydrogens is 218 g/mol. The highest BCUT2D eigenvalue weighted by atomic mass is 16.6. The van der Waals surface area contributed by atoms with Crippen LogP contribution < -0.4 is 5.32 Å². The maximum Gasteiger partial charge on any atom is 0.408 e. The van der Waals surface area contributed by atoms with Gasteiger partial charge in [-0.2, -0.15) is 0 Å². The van der Waals surface area contributed by atoms with Crippen molar-refractivity contribution in [3.8, 4) is 0 Å². The monoisotopic (exact) mass is 235 g/mol. The number of hydrogen-bond acceptors (Lipinski definition) is 3. The van der Waals surface area contributed by atoms with E-state index in [0.717, 1.165) is 0 Å². The first-order valence-corrected chi connectivity index (χ1v) is 5.41. The Balaban J connectivity index is 2.66. The molecule has 92 valence electrons. The molecule has 1 N–H and O–H groups in total. The summed E-state index contributed by atoms with van der Waals surface area (Å²) in [6, 6.07) is 8.89. The zero-order valence-corrected chi connectivity index (χ0v) is 10.3. The highest BCUT2D eigenvalue weighted by molar-refractivity contribution is 5.72. The van der Waals surface area contributed by atoms with Crippen LogP contribution in [0.25, 0.3) is 0 Å². The van der Waals surface area contributed by atoms with Crippen molar-refractivity contribution >= 4 is 12.4 Å². The molecule has 0 heterocycles. The van der Waals surface area contributed by atoms with Gasteiger partial charge in [0.1, 0.15) is 0 Å². The minimum atomic E-state index is -0.862. The fourth-order valence-corrected chi connectivity index (χ4v) is 1.27. The molecule has 0 fully saturated rings. The van der Waals surface area contributed by atoms with Crippen LogP contribution in [0.1, 0.15) is 32.4 Å². The maximum absolute atomic E-state index is 11.5. The number of benzene rings is 1. The van der Waals surface area contributed by atoms with Gasteiger partial charge < -0.3 is 10.1 Å². The van der Waals surface area contributed by atoms with Gasteiger partial charge in [-0.1, -0.05) is 30.3 Å². The lowest BCUT2D eigenvalue weighted by Crippen LogP contribution is -2.41. The quantitative estimate of drug-likeness (QED) is 0.819. The molecule has 0 saturated carbocycles. The first-order chi connectivity index (χ1) is 7.92. The molecule has 0 unspecified atom stereocenters. The number of nitrogens with one attached hydrogen (secondary N) is 1. The van der Waals surface area contributed by atoms with E-state index >= 15 is 0 Å². The SMILES string of the molecule is CC(C)(C)NC(=O)O[C@H](C=O)c1ccccc1. The summed E-state index contributed by atoms with van der Waals surface area (Å²) in [5.74, 6) is 0. The Bertz CT molecular complexity index is 381. The summed E-state index contributed by atoms with van der Waals surface area (Å²) in [5.41, 5.74) is 0.271. The van der Waals surface area contributed by atoms with Gasteiger partial charge in [0.2, 0.25) is 0 Å². The minimum absolute atomic E-state index is 0.388. The van der Waals surface area contributed by atoms with E-state index in [1.54, 1.807) is 24.3 Å². The molecule has 4 heteroatoms. The van der Waals surface area contributed by atoms with Gasteiger partial charge in [0.15, 0.2) is 12.4 Å². The second-order valence-electron chi connectivity index (χ2n) is 4.75. The molecule has 0 aliphatic rings. The van der Waals surface area contributed by atoms with Crippen molar-refractivity contribution in [1.82, 2.24) is 5.32 Å². The smallest absolute Gasteiger partial charge is 0.408 e. The predicted molar refractivity (Wildman–Crippen MR) is 64.6 cm³/mol. The number of carbonyl (C=O) groups excluding carboxylic acids is 2. The summed E-state index contributed by atoms with van der Waals surface area (Å²) in [4.78, 5) is 22.4. The molecule has 0 saturated heterocycles. The summed E-state index contributed by atoms with van der Waals surface area (Å²) < 4.78 is 5.04. The Hall–Kier alpha value is -1.84. The van der Waals surface area contributed by atoms with E-state index in [9.17, 15) is 9.59 Å². The summed E-state index contributed by atoms with van der Waals surface area (Å²) in [7, 11) is 0. The van der Waals surface area contributed by atoms with Crippen LogP contribution >= 0.6 is 0 Å². The standard InChI is InChI=1S/C13H17NO3/c1-13(2,3)14-12(16)17-11(9-15)10-7-5-4-6-8-10/h4-9,11H,1-3H3,(H,14,16)/t11-/m1/s1.